The van der Waals surface area contributed by atoms with E-state index >= 15 is 0 Å². The predicted molar refractivity (Wildman–Crippen MR) is 90.4 cm³/mol. The van der Waals surface area contributed by atoms with Crippen LogP contribution in [-0.4, -0.2) is 30.2 Å². The molecule has 0 saturated carbocycles. The van der Waals surface area contributed by atoms with Crippen LogP contribution in [0.25, 0.3) is 0 Å². The maximum atomic E-state index is 9.92. The molecule has 1 aliphatic rings. The average Bonchev–Trinajstić information content (AvgIpc) is 3.08. The number of aliphatic imine (C=N–C) groups is 1. The summed E-state index contributed by atoms with van der Waals surface area (Å²) in [5.74, 6) is 1.28. The lowest BCUT2D eigenvalue weighted by molar-refractivity contribution is 0.158. The first-order chi connectivity index (χ1) is 9.29. The molecule has 1 heterocycles. The monoisotopic (exact) mass is 391 g/mol. The minimum atomic E-state index is -0.702. The molecule has 1 aromatic rings. The molecule has 0 fully saturated rings. The number of furan rings is 1. The molecule has 1 atom stereocenters. The SMILES string of the molecule is CCNC(=NCC(O)c1ccco1)NC1CC=CC1.I. The summed E-state index contributed by atoms with van der Waals surface area (Å²) < 4.78 is 5.15. The van der Waals surface area contributed by atoms with Gasteiger partial charge >= 0.3 is 0 Å². The van der Waals surface area contributed by atoms with Gasteiger partial charge in [0.05, 0.1) is 12.8 Å². The highest BCUT2D eigenvalue weighted by molar-refractivity contribution is 14.0. The van der Waals surface area contributed by atoms with Gasteiger partial charge in [-0.05, 0) is 31.9 Å². The van der Waals surface area contributed by atoms with Gasteiger partial charge in [0.15, 0.2) is 5.96 Å². The molecule has 2 rings (SSSR count). The van der Waals surface area contributed by atoms with Crippen LogP contribution in [0.3, 0.4) is 0 Å². The van der Waals surface area contributed by atoms with E-state index in [0.717, 1.165) is 25.3 Å². The zero-order valence-corrected chi connectivity index (χ0v) is 13.9. The van der Waals surface area contributed by atoms with Crippen molar-refractivity contribution in [2.45, 2.75) is 31.9 Å². The zero-order valence-electron chi connectivity index (χ0n) is 11.6. The van der Waals surface area contributed by atoms with E-state index in [1.165, 1.54) is 0 Å². The molecule has 20 heavy (non-hydrogen) atoms. The van der Waals surface area contributed by atoms with Crippen molar-refractivity contribution in [3.05, 3.63) is 36.3 Å². The number of halogens is 1. The fourth-order valence-corrected chi connectivity index (χ4v) is 2.00. The number of aliphatic hydroxyl groups is 1. The highest BCUT2D eigenvalue weighted by Crippen LogP contribution is 2.13. The Morgan fingerprint density at radius 3 is 2.85 bits per heavy atom. The quantitative estimate of drug-likeness (QED) is 0.312. The predicted octanol–water partition coefficient (Wildman–Crippen LogP) is 2.20. The third-order valence-electron chi connectivity index (χ3n) is 2.99. The number of nitrogens with zero attached hydrogens (tertiary/aromatic N) is 1. The summed E-state index contributed by atoms with van der Waals surface area (Å²) in [7, 11) is 0. The maximum absolute atomic E-state index is 9.92. The normalized spacial score (nSPS) is 16.8. The van der Waals surface area contributed by atoms with Crippen molar-refractivity contribution >= 4 is 29.9 Å². The lowest BCUT2D eigenvalue weighted by Gasteiger charge is -2.17. The second-order valence-electron chi connectivity index (χ2n) is 4.53. The van der Waals surface area contributed by atoms with Crippen molar-refractivity contribution in [2.75, 3.05) is 13.1 Å². The number of hydrogen-bond donors (Lipinski definition) is 3. The molecule has 0 radical (unpaired) electrons. The van der Waals surface area contributed by atoms with Gasteiger partial charge in [-0.25, -0.2) is 0 Å². The first-order valence-corrected chi connectivity index (χ1v) is 6.71. The number of hydrogen-bond acceptors (Lipinski definition) is 3. The summed E-state index contributed by atoms with van der Waals surface area (Å²) in [6.45, 7) is 3.10. The summed E-state index contributed by atoms with van der Waals surface area (Å²) in [5.41, 5.74) is 0. The summed E-state index contributed by atoms with van der Waals surface area (Å²) in [6.07, 6.45) is 7.22. The van der Waals surface area contributed by atoms with Crippen LogP contribution in [0.5, 0.6) is 0 Å². The van der Waals surface area contributed by atoms with Crippen LogP contribution in [0.15, 0.2) is 40.0 Å². The smallest absolute Gasteiger partial charge is 0.191 e. The molecule has 0 spiro atoms. The van der Waals surface area contributed by atoms with Gasteiger partial charge in [0.25, 0.3) is 0 Å². The first-order valence-electron chi connectivity index (χ1n) is 6.71. The van der Waals surface area contributed by atoms with Crippen molar-refractivity contribution in [3.8, 4) is 0 Å². The molecular weight excluding hydrogens is 369 g/mol. The Hall–Kier alpha value is -1.02. The Bertz CT molecular complexity index is 424. The molecule has 1 unspecified atom stereocenters. The zero-order chi connectivity index (χ0) is 13.5. The summed E-state index contributed by atoms with van der Waals surface area (Å²) in [6, 6.07) is 3.91. The molecule has 5 nitrogen and oxygen atoms in total. The van der Waals surface area contributed by atoms with E-state index < -0.39 is 6.10 Å². The van der Waals surface area contributed by atoms with Crippen LogP contribution in [0.4, 0.5) is 0 Å². The standard InChI is InChI=1S/C14H21N3O2.HI/c1-2-15-14(17-11-6-3-4-7-11)16-10-12(18)13-8-5-9-19-13;/h3-5,8-9,11-12,18H,2,6-7,10H2,1H3,(H2,15,16,17);1H. The summed E-state index contributed by atoms with van der Waals surface area (Å²) in [4.78, 5) is 4.39. The Kier molecular flexibility index (Phi) is 7.68. The molecule has 1 aliphatic carbocycles. The van der Waals surface area contributed by atoms with Gasteiger partial charge in [-0.15, -0.1) is 24.0 Å². The van der Waals surface area contributed by atoms with E-state index in [2.05, 4.69) is 27.8 Å². The van der Waals surface area contributed by atoms with E-state index in [-0.39, 0.29) is 30.5 Å². The lowest BCUT2D eigenvalue weighted by atomic mass is 10.2. The van der Waals surface area contributed by atoms with Crippen LogP contribution in [0.1, 0.15) is 31.6 Å². The molecule has 112 valence electrons. The molecule has 3 N–H and O–H groups in total. The molecule has 0 saturated heterocycles. The second kappa shape index (κ2) is 9.02. The van der Waals surface area contributed by atoms with E-state index in [0.29, 0.717) is 11.8 Å². The Morgan fingerprint density at radius 2 is 2.25 bits per heavy atom. The van der Waals surface area contributed by atoms with Crippen LogP contribution in [-0.2, 0) is 0 Å². The molecular formula is C14H22IN3O2. The van der Waals surface area contributed by atoms with E-state index in [9.17, 15) is 5.11 Å². The van der Waals surface area contributed by atoms with E-state index in [1.54, 1.807) is 18.4 Å². The van der Waals surface area contributed by atoms with Crippen molar-refractivity contribution in [3.63, 3.8) is 0 Å². The van der Waals surface area contributed by atoms with Gasteiger partial charge < -0.3 is 20.2 Å². The molecule has 6 heteroatoms. The Labute approximate surface area is 136 Å². The van der Waals surface area contributed by atoms with Crippen LogP contribution in [0.2, 0.25) is 0 Å². The number of guanidine groups is 1. The summed E-state index contributed by atoms with van der Waals surface area (Å²) in [5, 5.41) is 16.5. The van der Waals surface area contributed by atoms with Gasteiger partial charge in [0.1, 0.15) is 11.9 Å². The van der Waals surface area contributed by atoms with Crippen molar-refractivity contribution < 1.29 is 9.52 Å². The molecule has 0 aromatic carbocycles. The minimum absolute atomic E-state index is 0. The first kappa shape index (κ1) is 17.0. The highest BCUT2D eigenvalue weighted by Gasteiger charge is 2.13. The Balaban J connectivity index is 0.00000200. The van der Waals surface area contributed by atoms with E-state index in [1.807, 2.05) is 6.92 Å². The fourth-order valence-electron chi connectivity index (χ4n) is 2.00. The molecule has 0 aliphatic heterocycles. The van der Waals surface area contributed by atoms with Crippen molar-refractivity contribution in [2.24, 2.45) is 4.99 Å². The largest absolute Gasteiger partial charge is 0.467 e. The van der Waals surface area contributed by atoms with Gasteiger partial charge in [-0.2, -0.15) is 0 Å². The number of aliphatic hydroxyl groups excluding tert-OH is 1. The van der Waals surface area contributed by atoms with E-state index in [4.69, 9.17) is 4.42 Å². The van der Waals surface area contributed by atoms with Crippen LogP contribution >= 0.6 is 24.0 Å². The van der Waals surface area contributed by atoms with Crippen LogP contribution in [0, 0.1) is 0 Å². The van der Waals surface area contributed by atoms with Gasteiger partial charge in [0.2, 0.25) is 0 Å². The van der Waals surface area contributed by atoms with Crippen molar-refractivity contribution in [1.29, 1.82) is 0 Å². The highest BCUT2D eigenvalue weighted by atomic mass is 127. The lowest BCUT2D eigenvalue weighted by Crippen LogP contribution is -2.42. The summed E-state index contributed by atoms with van der Waals surface area (Å²) >= 11 is 0. The van der Waals surface area contributed by atoms with Crippen LogP contribution < -0.4 is 10.6 Å². The van der Waals surface area contributed by atoms with Gasteiger partial charge in [-0.3, -0.25) is 4.99 Å². The number of rotatable bonds is 5. The number of nitrogens with one attached hydrogen (secondary N) is 2. The fraction of sp³-hybridized carbons (Fsp3) is 0.500. The average molecular weight is 391 g/mol. The third kappa shape index (κ3) is 5.16. The molecule has 0 bridgehead atoms. The maximum Gasteiger partial charge on any atom is 0.191 e. The molecule has 0 amide bonds. The van der Waals surface area contributed by atoms with Crippen molar-refractivity contribution in [1.82, 2.24) is 10.6 Å². The second-order valence-corrected chi connectivity index (χ2v) is 4.53. The van der Waals surface area contributed by atoms with Gasteiger partial charge in [0, 0.05) is 12.6 Å². The topological polar surface area (TPSA) is 69.8 Å². The van der Waals surface area contributed by atoms with Gasteiger partial charge in [-0.1, -0.05) is 12.2 Å². The third-order valence-corrected chi connectivity index (χ3v) is 2.99. The minimum Gasteiger partial charge on any atom is -0.467 e. The molecule has 1 aromatic heterocycles. The Morgan fingerprint density at radius 1 is 1.50 bits per heavy atom.